The fourth-order valence-electron chi connectivity index (χ4n) is 1.69. The number of carbonyl (C=O) groups is 1. The quantitative estimate of drug-likeness (QED) is 0.744. The van der Waals surface area contributed by atoms with Crippen molar-refractivity contribution in [3.63, 3.8) is 0 Å². The molecule has 0 radical (unpaired) electrons. The largest absolute Gasteiger partial charge is 0.484 e. The van der Waals surface area contributed by atoms with E-state index < -0.39 is 5.91 Å². The van der Waals surface area contributed by atoms with E-state index in [9.17, 15) is 4.79 Å². The number of nitrogens with two attached hydrogens (primary N) is 1. The fraction of sp³-hybridized carbons (Fsp3) is 0.500. The zero-order valence-corrected chi connectivity index (χ0v) is 11.1. The minimum atomic E-state index is -0.467. The molecule has 0 saturated heterocycles. The van der Waals surface area contributed by atoms with E-state index in [2.05, 4.69) is 19.2 Å². The molecule has 0 heterocycles. The number of hydrogen-bond acceptors (Lipinski definition) is 3. The molecular weight excluding hydrogens is 228 g/mol. The van der Waals surface area contributed by atoms with Gasteiger partial charge in [-0.15, -0.1) is 0 Å². The number of carbonyl (C=O) groups excluding carboxylic acids is 1. The van der Waals surface area contributed by atoms with Gasteiger partial charge in [0.05, 0.1) is 0 Å². The lowest BCUT2D eigenvalue weighted by Crippen LogP contribution is -2.20. The van der Waals surface area contributed by atoms with Crippen LogP contribution in [0.3, 0.4) is 0 Å². The molecule has 0 spiro atoms. The van der Waals surface area contributed by atoms with E-state index in [0.717, 1.165) is 12.2 Å². The predicted octanol–water partition coefficient (Wildman–Crippen LogP) is 2.40. The minimum absolute atomic E-state index is 0.0873. The van der Waals surface area contributed by atoms with Gasteiger partial charge in [0.25, 0.3) is 5.91 Å². The van der Waals surface area contributed by atoms with E-state index in [1.54, 1.807) is 0 Å². The molecule has 100 valence electrons. The first-order valence-electron chi connectivity index (χ1n) is 6.40. The zero-order valence-electron chi connectivity index (χ0n) is 11.1. The number of rotatable bonds is 8. The number of nitrogens with one attached hydrogen (secondary N) is 1. The summed E-state index contributed by atoms with van der Waals surface area (Å²) in [5.41, 5.74) is 6.04. The highest BCUT2D eigenvalue weighted by Gasteiger charge is 2.04. The summed E-state index contributed by atoms with van der Waals surface area (Å²) >= 11 is 0. The monoisotopic (exact) mass is 250 g/mol. The molecule has 0 fully saturated rings. The van der Waals surface area contributed by atoms with Gasteiger partial charge in [-0.25, -0.2) is 0 Å². The third-order valence-corrected chi connectivity index (χ3v) is 2.96. The Morgan fingerprint density at radius 1 is 1.39 bits per heavy atom. The van der Waals surface area contributed by atoms with Crippen molar-refractivity contribution in [2.75, 3.05) is 18.5 Å². The third-order valence-electron chi connectivity index (χ3n) is 2.96. The van der Waals surface area contributed by atoms with Gasteiger partial charge in [0.1, 0.15) is 5.75 Å². The summed E-state index contributed by atoms with van der Waals surface area (Å²) in [4.78, 5) is 10.6. The van der Waals surface area contributed by atoms with Crippen LogP contribution in [0.15, 0.2) is 24.3 Å². The van der Waals surface area contributed by atoms with Crippen molar-refractivity contribution in [2.45, 2.75) is 26.7 Å². The maximum atomic E-state index is 10.6. The second-order valence-electron chi connectivity index (χ2n) is 4.35. The van der Waals surface area contributed by atoms with Crippen LogP contribution in [0.5, 0.6) is 5.75 Å². The first-order chi connectivity index (χ1) is 8.65. The van der Waals surface area contributed by atoms with Crippen LogP contribution >= 0.6 is 0 Å². The average Bonchev–Trinajstić information content (AvgIpc) is 2.38. The van der Waals surface area contributed by atoms with Gasteiger partial charge in [-0.05, 0) is 18.1 Å². The molecule has 3 N–H and O–H groups in total. The number of benzene rings is 1. The fourth-order valence-corrected chi connectivity index (χ4v) is 1.69. The van der Waals surface area contributed by atoms with Crippen molar-refractivity contribution in [1.82, 2.24) is 0 Å². The molecule has 0 atom stereocenters. The Balaban J connectivity index is 2.51. The van der Waals surface area contributed by atoms with Crippen molar-refractivity contribution in [3.05, 3.63) is 24.3 Å². The molecule has 0 aliphatic carbocycles. The van der Waals surface area contributed by atoms with Crippen molar-refractivity contribution < 1.29 is 9.53 Å². The molecule has 4 nitrogen and oxygen atoms in total. The summed E-state index contributed by atoms with van der Waals surface area (Å²) in [5.74, 6) is 0.869. The van der Waals surface area contributed by atoms with Gasteiger partial charge in [-0.3, -0.25) is 4.79 Å². The molecule has 0 aliphatic heterocycles. The highest BCUT2D eigenvalue weighted by Crippen LogP contribution is 2.18. The van der Waals surface area contributed by atoms with Crippen LogP contribution in [0, 0.1) is 5.92 Å². The summed E-state index contributed by atoms with van der Waals surface area (Å²) in [6.45, 7) is 5.26. The third kappa shape index (κ3) is 5.08. The van der Waals surface area contributed by atoms with E-state index in [-0.39, 0.29) is 6.61 Å². The van der Waals surface area contributed by atoms with Crippen molar-refractivity contribution in [1.29, 1.82) is 0 Å². The van der Waals surface area contributed by atoms with Gasteiger partial charge in [-0.1, -0.05) is 32.8 Å². The van der Waals surface area contributed by atoms with Crippen LogP contribution in [0.4, 0.5) is 5.69 Å². The first kappa shape index (κ1) is 14.4. The zero-order chi connectivity index (χ0) is 13.4. The lowest BCUT2D eigenvalue weighted by Gasteiger charge is -2.14. The van der Waals surface area contributed by atoms with Gasteiger partial charge >= 0.3 is 0 Å². The Morgan fingerprint density at radius 3 is 2.72 bits per heavy atom. The van der Waals surface area contributed by atoms with Crippen LogP contribution in [0.1, 0.15) is 26.7 Å². The van der Waals surface area contributed by atoms with Gasteiger partial charge in [0.2, 0.25) is 0 Å². The van der Waals surface area contributed by atoms with Gasteiger partial charge in [-0.2, -0.15) is 0 Å². The van der Waals surface area contributed by atoms with Crippen LogP contribution in [0.25, 0.3) is 0 Å². The lowest BCUT2D eigenvalue weighted by atomic mass is 10.0. The Morgan fingerprint density at radius 2 is 2.11 bits per heavy atom. The van der Waals surface area contributed by atoms with Crippen LogP contribution in [0.2, 0.25) is 0 Å². The van der Waals surface area contributed by atoms with Crippen LogP contribution < -0.4 is 15.8 Å². The van der Waals surface area contributed by atoms with Gasteiger partial charge in [0.15, 0.2) is 6.61 Å². The average molecular weight is 250 g/mol. The van der Waals surface area contributed by atoms with E-state index in [0.29, 0.717) is 11.7 Å². The number of primary amides is 1. The van der Waals surface area contributed by atoms with E-state index >= 15 is 0 Å². The molecule has 1 aromatic carbocycles. The maximum absolute atomic E-state index is 10.6. The molecule has 18 heavy (non-hydrogen) atoms. The SMILES string of the molecule is CCC(CC)CNc1cccc(OCC(N)=O)c1. The Bertz CT molecular complexity index is 376. The minimum Gasteiger partial charge on any atom is -0.484 e. The standard InChI is InChI=1S/C14H22N2O2/c1-3-11(4-2)9-16-12-6-5-7-13(8-12)18-10-14(15)17/h5-8,11,16H,3-4,9-10H2,1-2H3,(H2,15,17). The Labute approximate surface area is 109 Å². The highest BCUT2D eigenvalue weighted by molar-refractivity contribution is 5.75. The number of hydrogen-bond donors (Lipinski definition) is 2. The molecule has 1 amide bonds. The smallest absolute Gasteiger partial charge is 0.255 e. The van der Waals surface area contributed by atoms with E-state index in [1.165, 1.54) is 12.8 Å². The molecule has 0 aromatic heterocycles. The normalized spacial score (nSPS) is 10.4. The van der Waals surface area contributed by atoms with Crippen molar-refractivity contribution in [2.24, 2.45) is 11.7 Å². The first-order valence-corrected chi connectivity index (χ1v) is 6.40. The topological polar surface area (TPSA) is 64.3 Å². The number of anilines is 1. The van der Waals surface area contributed by atoms with Crippen molar-refractivity contribution in [3.8, 4) is 5.75 Å². The maximum Gasteiger partial charge on any atom is 0.255 e. The summed E-state index contributed by atoms with van der Waals surface area (Å²) in [6, 6.07) is 7.57. The summed E-state index contributed by atoms with van der Waals surface area (Å²) < 4.78 is 5.25. The van der Waals surface area contributed by atoms with E-state index in [1.807, 2.05) is 24.3 Å². The molecule has 1 aromatic rings. The van der Waals surface area contributed by atoms with Gasteiger partial charge < -0.3 is 15.8 Å². The molecule has 0 bridgehead atoms. The molecular formula is C14H22N2O2. The molecule has 0 aliphatic rings. The van der Waals surface area contributed by atoms with Crippen LogP contribution in [-0.2, 0) is 4.79 Å². The van der Waals surface area contributed by atoms with Crippen LogP contribution in [-0.4, -0.2) is 19.1 Å². The van der Waals surface area contributed by atoms with Gasteiger partial charge in [0, 0.05) is 18.3 Å². The number of amides is 1. The number of ether oxygens (including phenoxy) is 1. The summed E-state index contributed by atoms with van der Waals surface area (Å²) in [6.07, 6.45) is 2.34. The second-order valence-corrected chi connectivity index (χ2v) is 4.35. The lowest BCUT2D eigenvalue weighted by molar-refractivity contribution is -0.119. The Kier molecular flexibility index (Phi) is 6.05. The predicted molar refractivity (Wildman–Crippen MR) is 73.7 cm³/mol. The second kappa shape index (κ2) is 7.58. The van der Waals surface area contributed by atoms with E-state index in [4.69, 9.17) is 10.5 Å². The Hall–Kier alpha value is -1.71. The molecule has 0 saturated carbocycles. The highest BCUT2D eigenvalue weighted by atomic mass is 16.5. The van der Waals surface area contributed by atoms with Crippen molar-refractivity contribution >= 4 is 11.6 Å². The summed E-state index contributed by atoms with van der Waals surface area (Å²) in [5, 5.41) is 3.38. The molecule has 4 heteroatoms. The summed E-state index contributed by atoms with van der Waals surface area (Å²) in [7, 11) is 0. The molecule has 1 rings (SSSR count). The molecule has 0 unspecified atom stereocenters.